The van der Waals surface area contributed by atoms with E-state index in [0.29, 0.717) is 21.6 Å². The molecule has 4 rings (SSSR count). The van der Waals surface area contributed by atoms with Gasteiger partial charge >= 0.3 is 0 Å². The maximum atomic E-state index is 13.5. The Hall–Kier alpha value is -2.82. The highest BCUT2D eigenvalue weighted by Crippen LogP contribution is 2.34. The third-order valence-corrected chi connectivity index (χ3v) is 4.82. The SMILES string of the molecule is Nc1c(C(=O)c2ccc(Cl)cc2Cl)oc2cc(-c3cccc(F)c3)ccc12. The number of fused-ring (bicyclic) bond motifs is 1. The molecule has 0 aliphatic heterocycles. The molecule has 1 heterocycles. The number of carbonyl (C=O) groups is 1. The lowest BCUT2D eigenvalue weighted by Crippen LogP contribution is -2.03. The maximum absolute atomic E-state index is 13.5. The highest BCUT2D eigenvalue weighted by molar-refractivity contribution is 6.37. The molecule has 0 radical (unpaired) electrons. The van der Waals surface area contributed by atoms with Crippen LogP contribution in [0.1, 0.15) is 16.1 Å². The van der Waals surface area contributed by atoms with Crippen LogP contribution in [0.15, 0.2) is 65.1 Å². The van der Waals surface area contributed by atoms with Crippen molar-refractivity contribution in [2.75, 3.05) is 5.73 Å². The van der Waals surface area contributed by atoms with Crippen LogP contribution in [-0.4, -0.2) is 5.78 Å². The van der Waals surface area contributed by atoms with Crippen molar-refractivity contribution in [3.8, 4) is 11.1 Å². The smallest absolute Gasteiger partial charge is 0.231 e. The molecule has 0 amide bonds. The summed E-state index contributed by atoms with van der Waals surface area (Å²) in [5.41, 5.74) is 8.48. The van der Waals surface area contributed by atoms with E-state index in [9.17, 15) is 9.18 Å². The predicted octanol–water partition coefficient (Wildman–Crippen LogP) is 6.36. The minimum atomic E-state index is -0.433. The van der Waals surface area contributed by atoms with Crippen molar-refractivity contribution in [3.63, 3.8) is 0 Å². The molecule has 0 atom stereocenters. The van der Waals surface area contributed by atoms with Crippen LogP contribution in [0.3, 0.4) is 0 Å². The summed E-state index contributed by atoms with van der Waals surface area (Å²) >= 11 is 12.0. The molecule has 1 aromatic heterocycles. The van der Waals surface area contributed by atoms with Crippen LogP contribution in [0.25, 0.3) is 22.1 Å². The van der Waals surface area contributed by atoms with E-state index in [-0.39, 0.29) is 27.9 Å². The monoisotopic (exact) mass is 399 g/mol. The molecule has 0 unspecified atom stereocenters. The number of hydrogen-bond donors (Lipinski definition) is 1. The van der Waals surface area contributed by atoms with E-state index < -0.39 is 5.78 Å². The topological polar surface area (TPSA) is 56.2 Å². The lowest BCUT2D eigenvalue weighted by atomic mass is 10.0. The van der Waals surface area contributed by atoms with Gasteiger partial charge in [0.05, 0.1) is 10.7 Å². The van der Waals surface area contributed by atoms with Gasteiger partial charge in [0, 0.05) is 16.0 Å². The molecule has 0 aliphatic carbocycles. The van der Waals surface area contributed by atoms with Crippen molar-refractivity contribution in [2.24, 2.45) is 0 Å². The molecule has 0 saturated heterocycles. The van der Waals surface area contributed by atoms with Gasteiger partial charge in [-0.05, 0) is 53.6 Å². The van der Waals surface area contributed by atoms with Crippen LogP contribution in [-0.2, 0) is 0 Å². The van der Waals surface area contributed by atoms with Gasteiger partial charge in [0.25, 0.3) is 0 Å². The number of hydrogen-bond acceptors (Lipinski definition) is 3. The van der Waals surface area contributed by atoms with Crippen molar-refractivity contribution in [2.45, 2.75) is 0 Å². The summed E-state index contributed by atoms with van der Waals surface area (Å²) in [6.45, 7) is 0. The van der Waals surface area contributed by atoms with E-state index >= 15 is 0 Å². The molecule has 0 spiro atoms. The van der Waals surface area contributed by atoms with Crippen molar-refractivity contribution < 1.29 is 13.6 Å². The Kier molecular flexibility index (Phi) is 4.38. The molecule has 134 valence electrons. The zero-order valence-corrected chi connectivity index (χ0v) is 15.3. The first-order chi connectivity index (χ1) is 12.9. The first-order valence-electron chi connectivity index (χ1n) is 8.02. The zero-order valence-electron chi connectivity index (χ0n) is 13.8. The Balaban J connectivity index is 1.81. The largest absolute Gasteiger partial charge is 0.450 e. The second-order valence-corrected chi connectivity index (χ2v) is 6.86. The summed E-state index contributed by atoms with van der Waals surface area (Å²) in [6, 6.07) is 16.1. The fraction of sp³-hybridized carbons (Fsp3) is 0. The van der Waals surface area contributed by atoms with Crippen LogP contribution >= 0.6 is 23.2 Å². The van der Waals surface area contributed by atoms with Crippen molar-refractivity contribution >= 4 is 45.6 Å². The van der Waals surface area contributed by atoms with E-state index in [4.69, 9.17) is 33.4 Å². The Morgan fingerprint density at radius 2 is 1.74 bits per heavy atom. The van der Waals surface area contributed by atoms with Gasteiger partial charge in [0.1, 0.15) is 11.4 Å². The normalized spacial score (nSPS) is 11.1. The van der Waals surface area contributed by atoms with Gasteiger partial charge in [-0.2, -0.15) is 0 Å². The zero-order chi connectivity index (χ0) is 19.1. The lowest BCUT2D eigenvalue weighted by Gasteiger charge is -2.02. The fourth-order valence-corrected chi connectivity index (χ4v) is 3.42. The van der Waals surface area contributed by atoms with Gasteiger partial charge in [-0.1, -0.05) is 41.4 Å². The molecule has 3 aromatic carbocycles. The first kappa shape index (κ1) is 17.6. The van der Waals surface area contributed by atoms with Crippen LogP contribution in [0.4, 0.5) is 10.1 Å². The van der Waals surface area contributed by atoms with E-state index in [0.717, 1.165) is 5.56 Å². The molecule has 2 N–H and O–H groups in total. The molecular formula is C21H12Cl2FNO2. The second kappa shape index (κ2) is 6.72. The standard InChI is InChI=1S/C21H12Cl2FNO2/c22-13-5-7-15(17(23)10-13)20(26)21-19(25)16-6-4-12(9-18(16)27-21)11-2-1-3-14(24)8-11/h1-10H,25H2. The Bertz CT molecular complexity index is 1200. The highest BCUT2D eigenvalue weighted by Gasteiger charge is 2.22. The summed E-state index contributed by atoms with van der Waals surface area (Å²) in [7, 11) is 0. The number of furan rings is 1. The number of carbonyl (C=O) groups excluding carboxylic acids is 1. The number of rotatable bonds is 3. The quantitative estimate of drug-likeness (QED) is 0.407. The number of nitrogen functional groups attached to an aromatic ring is 1. The molecule has 3 nitrogen and oxygen atoms in total. The molecule has 0 fully saturated rings. The summed E-state index contributed by atoms with van der Waals surface area (Å²) in [4.78, 5) is 12.8. The van der Waals surface area contributed by atoms with Crippen LogP contribution in [0.5, 0.6) is 0 Å². The number of anilines is 1. The fourth-order valence-electron chi connectivity index (χ4n) is 2.93. The molecular weight excluding hydrogens is 388 g/mol. The van der Waals surface area contributed by atoms with Gasteiger partial charge in [0.2, 0.25) is 5.78 Å². The van der Waals surface area contributed by atoms with E-state index in [1.165, 1.54) is 24.3 Å². The predicted molar refractivity (Wildman–Crippen MR) is 106 cm³/mol. The van der Waals surface area contributed by atoms with Crippen LogP contribution in [0.2, 0.25) is 10.0 Å². The highest BCUT2D eigenvalue weighted by atomic mass is 35.5. The Labute approximate surface area is 164 Å². The van der Waals surface area contributed by atoms with Crippen LogP contribution < -0.4 is 5.73 Å². The van der Waals surface area contributed by atoms with Crippen LogP contribution in [0, 0.1) is 5.82 Å². The Morgan fingerprint density at radius 1 is 0.963 bits per heavy atom. The third kappa shape index (κ3) is 3.18. The molecule has 27 heavy (non-hydrogen) atoms. The lowest BCUT2D eigenvalue weighted by molar-refractivity contribution is 0.101. The van der Waals surface area contributed by atoms with Gasteiger partial charge in [-0.15, -0.1) is 0 Å². The van der Waals surface area contributed by atoms with Gasteiger partial charge in [-0.25, -0.2) is 4.39 Å². The van der Waals surface area contributed by atoms with E-state index in [2.05, 4.69) is 0 Å². The maximum Gasteiger partial charge on any atom is 0.231 e. The van der Waals surface area contributed by atoms with Gasteiger partial charge in [0.15, 0.2) is 5.76 Å². The number of benzene rings is 3. The average Bonchev–Trinajstić information content (AvgIpc) is 2.97. The molecule has 0 bridgehead atoms. The molecule has 6 heteroatoms. The summed E-state index contributed by atoms with van der Waals surface area (Å²) in [5.74, 6) is -0.761. The second-order valence-electron chi connectivity index (χ2n) is 6.02. The van der Waals surface area contributed by atoms with Crippen molar-refractivity contribution in [1.29, 1.82) is 0 Å². The number of nitrogens with two attached hydrogens (primary N) is 1. The first-order valence-corrected chi connectivity index (χ1v) is 8.77. The molecule has 0 saturated carbocycles. The third-order valence-electron chi connectivity index (χ3n) is 4.27. The average molecular weight is 400 g/mol. The van der Waals surface area contributed by atoms with Gasteiger partial charge in [-0.3, -0.25) is 4.79 Å². The minimum absolute atomic E-state index is 0.00520. The number of halogens is 3. The summed E-state index contributed by atoms with van der Waals surface area (Å²) in [5, 5.41) is 1.24. The minimum Gasteiger partial charge on any atom is -0.450 e. The van der Waals surface area contributed by atoms with Crippen molar-refractivity contribution in [3.05, 3.63) is 87.8 Å². The Morgan fingerprint density at radius 3 is 2.48 bits per heavy atom. The molecule has 0 aliphatic rings. The van der Waals surface area contributed by atoms with E-state index in [1.54, 1.807) is 36.4 Å². The van der Waals surface area contributed by atoms with E-state index in [1.807, 2.05) is 0 Å². The molecule has 4 aromatic rings. The number of ketones is 1. The van der Waals surface area contributed by atoms with Gasteiger partial charge < -0.3 is 10.2 Å². The summed E-state index contributed by atoms with van der Waals surface area (Å²) < 4.78 is 19.2. The summed E-state index contributed by atoms with van der Waals surface area (Å²) in [6.07, 6.45) is 0. The van der Waals surface area contributed by atoms with Crippen molar-refractivity contribution in [1.82, 2.24) is 0 Å².